The molecule has 20 heavy (non-hydrogen) atoms. The molecular weight excluding hydrogens is 248 g/mol. The van der Waals surface area contributed by atoms with Crippen molar-refractivity contribution in [2.24, 2.45) is 0 Å². The maximum absolute atomic E-state index is 12.2. The standard InChI is InChI=1S/C17H24N2O/c1-12(2)13-7-9-14(10-8-13)17-18-11-16(20)19(17)15-5-3-4-6-15/h7-10,12,15,17-18H,3-6,11H2,1-2H3. The summed E-state index contributed by atoms with van der Waals surface area (Å²) < 4.78 is 0. The minimum absolute atomic E-state index is 0.0758. The molecule has 1 atom stereocenters. The Morgan fingerprint density at radius 2 is 1.80 bits per heavy atom. The summed E-state index contributed by atoms with van der Waals surface area (Å²) in [6, 6.07) is 9.17. The molecule has 1 unspecified atom stereocenters. The minimum Gasteiger partial charge on any atom is -0.319 e. The van der Waals surface area contributed by atoms with Gasteiger partial charge in [0.15, 0.2) is 0 Å². The molecule has 1 amide bonds. The Hall–Kier alpha value is -1.35. The first kappa shape index (κ1) is 13.6. The fraction of sp³-hybridized carbons (Fsp3) is 0.588. The monoisotopic (exact) mass is 272 g/mol. The highest BCUT2D eigenvalue weighted by molar-refractivity contribution is 5.81. The molecule has 2 aliphatic rings. The van der Waals surface area contributed by atoms with Crippen LogP contribution in [0.25, 0.3) is 0 Å². The van der Waals surface area contributed by atoms with Gasteiger partial charge in [-0.25, -0.2) is 0 Å². The Balaban J connectivity index is 1.82. The maximum atomic E-state index is 12.2. The predicted molar refractivity (Wildman–Crippen MR) is 80.4 cm³/mol. The molecule has 0 radical (unpaired) electrons. The average molecular weight is 272 g/mol. The lowest BCUT2D eigenvalue weighted by molar-refractivity contribution is -0.130. The van der Waals surface area contributed by atoms with Crippen LogP contribution in [-0.4, -0.2) is 23.4 Å². The number of benzene rings is 1. The van der Waals surface area contributed by atoms with Gasteiger partial charge in [0.25, 0.3) is 0 Å². The number of carbonyl (C=O) groups is 1. The quantitative estimate of drug-likeness (QED) is 0.916. The van der Waals surface area contributed by atoms with Gasteiger partial charge in [0.05, 0.1) is 6.54 Å². The van der Waals surface area contributed by atoms with E-state index in [1.807, 2.05) is 0 Å². The summed E-state index contributed by atoms with van der Waals surface area (Å²) in [6.07, 6.45) is 4.91. The van der Waals surface area contributed by atoms with E-state index in [0.29, 0.717) is 18.5 Å². The normalized spacial score (nSPS) is 24.1. The predicted octanol–water partition coefficient (Wildman–Crippen LogP) is 3.18. The van der Waals surface area contributed by atoms with Crippen LogP contribution in [0.3, 0.4) is 0 Å². The Labute approximate surface area is 121 Å². The first-order valence-electron chi connectivity index (χ1n) is 7.81. The lowest BCUT2D eigenvalue weighted by atomic mass is 10.0. The van der Waals surface area contributed by atoms with E-state index in [0.717, 1.165) is 12.8 Å². The van der Waals surface area contributed by atoms with E-state index in [9.17, 15) is 4.79 Å². The molecule has 3 rings (SSSR count). The molecule has 2 fully saturated rings. The zero-order valence-electron chi connectivity index (χ0n) is 12.4. The number of hydrogen-bond acceptors (Lipinski definition) is 2. The van der Waals surface area contributed by atoms with Crippen LogP contribution < -0.4 is 5.32 Å². The third kappa shape index (κ3) is 2.47. The molecule has 0 bridgehead atoms. The molecule has 108 valence electrons. The Morgan fingerprint density at radius 3 is 2.40 bits per heavy atom. The van der Waals surface area contributed by atoms with Crippen LogP contribution in [0, 0.1) is 0 Å². The van der Waals surface area contributed by atoms with E-state index < -0.39 is 0 Å². The van der Waals surface area contributed by atoms with Gasteiger partial charge in [0, 0.05) is 6.04 Å². The van der Waals surface area contributed by atoms with Crippen LogP contribution in [0.15, 0.2) is 24.3 Å². The molecule has 1 aliphatic carbocycles. The zero-order chi connectivity index (χ0) is 14.1. The molecule has 1 aromatic carbocycles. The summed E-state index contributed by atoms with van der Waals surface area (Å²) in [5, 5.41) is 3.37. The van der Waals surface area contributed by atoms with Crippen molar-refractivity contribution in [3.8, 4) is 0 Å². The highest BCUT2D eigenvalue weighted by Gasteiger charge is 2.37. The topological polar surface area (TPSA) is 32.3 Å². The molecule has 0 spiro atoms. The van der Waals surface area contributed by atoms with E-state index in [-0.39, 0.29) is 12.1 Å². The van der Waals surface area contributed by atoms with E-state index >= 15 is 0 Å². The second-order valence-corrected chi connectivity index (χ2v) is 6.34. The fourth-order valence-electron chi connectivity index (χ4n) is 3.46. The lowest BCUT2D eigenvalue weighted by Gasteiger charge is -2.30. The number of carbonyl (C=O) groups excluding carboxylic acids is 1. The van der Waals surface area contributed by atoms with Crippen molar-refractivity contribution in [1.29, 1.82) is 0 Å². The first-order chi connectivity index (χ1) is 9.66. The summed E-state index contributed by atoms with van der Waals surface area (Å²) in [7, 11) is 0. The van der Waals surface area contributed by atoms with Gasteiger partial charge in [-0.15, -0.1) is 0 Å². The largest absolute Gasteiger partial charge is 0.319 e. The van der Waals surface area contributed by atoms with E-state index in [2.05, 4.69) is 48.3 Å². The van der Waals surface area contributed by atoms with Gasteiger partial charge < -0.3 is 4.90 Å². The first-order valence-corrected chi connectivity index (χ1v) is 7.81. The second-order valence-electron chi connectivity index (χ2n) is 6.34. The number of nitrogens with one attached hydrogen (secondary N) is 1. The summed E-state index contributed by atoms with van der Waals surface area (Å²) in [5.41, 5.74) is 2.57. The average Bonchev–Trinajstić information content (AvgIpc) is 3.07. The Bertz CT molecular complexity index is 474. The molecule has 1 aliphatic heterocycles. The van der Waals surface area contributed by atoms with E-state index in [1.54, 1.807) is 0 Å². The SMILES string of the molecule is CC(C)c1ccc(C2NCC(=O)N2C2CCCC2)cc1. The molecule has 1 N–H and O–H groups in total. The van der Waals surface area contributed by atoms with Gasteiger partial charge >= 0.3 is 0 Å². The van der Waals surface area contributed by atoms with E-state index in [1.165, 1.54) is 24.0 Å². The van der Waals surface area contributed by atoms with Gasteiger partial charge in [-0.3, -0.25) is 10.1 Å². The van der Waals surface area contributed by atoms with Gasteiger partial charge in [0.1, 0.15) is 6.17 Å². The smallest absolute Gasteiger partial charge is 0.238 e. The molecule has 3 nitrogen and oxygen atoms in total. The van der Waals surface area contributed by atoms with Crippen molar-refractivity contribution in [2.45, 2.75) is 57.7 Å². The maximum Gasteiger partial charge on any atom is 0.238 e. The van der Waals surface area contributed by atoms with Crippen molar-refractivity contribution in [1.82, 2.24) is 10.2 Å². The molecular formula is C17H24N2O. The highest BCUT2D eigenvalue weighted by atomic mass is 16.2. The van der Waals surface area contributed by atoms with Crippen molar-refractivity contribution in [3.63, 3.8) is 0 Å². The number of hydrogen-bond donors (Lipinski definition) is 1. The zero-order valence-corrected chi connectivity index (χ0v) is 12.4. The molecule has 1 aromatic rings. The summed E-state index contributed by atoms with van der Waals surface area (Å²) in [4.78, 5) is 14.3. The molecule has 1 saturated carbocycles. The molecule has 1 heterocycles. The Kier molecular flexibility index (Phi) is 3.79. The fourth-order valence-corrected chi connectivity index (χ4v) is 3.46. The van der Waals surface area contributed by atoms with Crippen molar-refractivity contribution in [3.05, 3.63) is 35.4 Å². The van der Waals surface area contributed by atoms with E-state index in [4.69, 9.17) is 0 Å². The minimum atomic E-state index is 0.0758. The number of nitrogens with zero attached hydrogens (tertiary/aromatic N) is 1. The summed E-state index contributed by atoms with van der Waals surface area (Å²) in [6.45, 7) is 4.89. The highest BCUT2D eigenvalue weighted by Crippen LogP contribution is 2.32. The van der Waals surface area contributed by atoms with Gasteiger partial charge in [-0.1, -0.05) is 51.0 Å². The van der Waals surface area contributed by atoms with Gasteiger partial charge in [-0.2, -0.15) is 0 Å². The van der Waals surface area contributed by atoms with Crippen LogP contribution in [-0.2, 0) is 4.79 Å². The van der Waals surface area contributed by atoms with Gasteiger partial charge in [0.2, 0.25) is 5.91 Å². The van der Waals surface area contributed by atoms with Crippen LogP contribution in [0.5, 0.6) is 0 Å². The molecule has 3 heteroatoms. The van der Waals surface area contributed by atoms with Crippen molar-refractivity contribution < 1.29 is 4.79 Å². The van der Waals surface area contributed by atoms with Crippen LogP contribution in [0.2, 0.25) is 0 Å². The van der Waals surface area contributed by atoms with Crippen LogP contribution in [0.4, 0.5) is 0 Å². The second kappa shape index (κ2) is 5.57. The number of rotatable bonds is 3. The third-order valence-corrected chi connectivity index (χ3v) is 4.65. The Morgan fingerprint density at radius 1 is 1.15 bits per heavy atom. The third-order valence-electron chi connectivity index (χ3n) is 4.65. The summed E-state index contributed by atoms with van der Waals surface area (Å²) >= 11 is 0. The molecule has 0 aromatic heterocycles. The van der Waals surface area contributed by atoms with Crippen LogP contribution >= 0.6 is 0 Å². The summed E-state index contributed by atoms with van der Waals surface area (Å²) in [5.74, 6) is 0.808. The molecule has 1 saturated heterocycles. The lowest BCUT2D eigenvalue weighted by Crippen LogP contribution is -2.38. The van der Waals surface area contributed by atoms with Crippen LogP contribution in [0.1, 0.15) is 62.7 Å². The van der Waals surface area contributed by atoms with Crippen molar-refractivity contribution >= 4 is 5.91 Å². The van der Waals surface area contributed by atoms with Crippen molar-refractivity contribution in [2.75, 3.05) is 6.54 Å². The van der Waals surface area contributed by atoms with Gasteiger partial charge in [-0.05, 0) is 29.9 Å². The number of amides is 1.